The van der Waals surface area contributed by atoms with Crippen molar-refractivity contribution in [1.82, 2.24) is 0 Å². The Bertz CT molecular complexity index is 513. The summed E-state index contributed by atoms with van der Waals surface area (Å²) in [5.41, 5.74) is 0.239. The average Bonchev–Trinajstić information content (AvgIpc) is 3.16. The van der Waals surface area contributed by atoms with Crippen LogP contribution < -0.4 is 0 Å². The number of methoxy groups -OCH3 is 1. The zero-order valence-electron chi connectivity index (χ0n) is 17.4. The summed E-state index contributed by atoms with van der Waals surface area (Å²) >= 11 is 0. The predicted molar refractivity (Wildman–Crippen MR) is 108 cm³/mol. The molecule has 2 fully saturated rings. The monoisotopic (exact) mass is 378 g/mol. The molecule has 0 unspecified atom stereocenters. The zero-order chi connectivity index (χ0) is 19.7. The van der Waals surface area contributed by atoms with Gasteiger partial charge < -0.3 is 14.6 Å². The Morgan fingerprint density at radius 2 is 2.15 bits per heavy atom. The number of esters is 1. The summed E-state index contributed by atoms with van der Waals surface area (Å²) in [6.07, 6.45) is 17.3. The summed E-state index contributed by atoms with van der Waals surface area (Å²) in [5.74, 6) is 0.820. The van der Waals surface area contributed by atoms with Gasteiger partial charge in [0, 0.05) is 12.3 Å². The minimum atomic E-state index is -0.335. The molecule has 0 amide bonds. The fraction of sp³-hybridized carbons (Fsp3) is 0.783. The molecule has 1 saturated heterocycles. The van der Waals surface area contributed by atoms with Gasteiger partial charge in [-0.2, -0.15) is 0 Å². The molecule has 0 spiro atoms. The van der Waals surface area contributed by atoms with Gasteiger partial charge >= 0.3 is 5.97 Å². The number of aliphatic hydroxyl groups excluding tert-OH is 1. The van der Waals surface area contributed by atoms with Gasteiger partial charge in [-0.05, 0) is 43.4 Å². The van der Waals surface area contributed by atoms with Crippen LogP contribution in [0.3, 0.4) is 0 Å². The lowest BCUT2D eigenvalue weighted by molar-refractivity contribution is -0.140. The topological polar surface area (TPSA) is 55.8 Å². The van der Waals surface area contributed by atoms with Crippen LogP contribution in [0.15, 0.2) is 24.3 Å². The van der Waals surface area contributed by atoms with Crippen LogP contribution in [0.25, 0.3) is 0 Å². The van der Waals surface area contributed by atoms with Gasteiger partial charge in [0.05, 0.1) is 25.9 Å². The Balaban J connectivity index is 1.83. The summed E-state index contributed by atoms with van der Waals surface area (Å²) in [6.45, 7) is 5.37. The highest BCUT2D eigenvalue weighted by Crippen LogP contribution is 2.55. The molecule has 0 aromatic carbocycles. The molecule has 0 radical (unpaired) electrons. The smallest absolute Gasteiger partial charge is 0.305 e. The molecule has 4 nitrogen and oxygen atoms in total. The number of hydrogen-bond donors (Lipinski definition) is 1. The zero-order valence-corrected chi connectivity index (χ0v) is 17.4. The first-order valence-corrected chi connectivity index (χ1v) is 10.7. The SMILES string of the molecule is CCCCC[C@@H](O)C=C[C@@H]1[C@@H](CC=CCCCC(=O)OC)[C@@]2(C)CO[C@@H]1C2. The average molecular weight is 379 g/mol. The van der Waals surface area contributed by atoms with Crippen LogP contribution in [-0.4, -0.2) is 37.0 Å². The van der Waals surface area contributed by atoms with Crippen LogP contribution in [0.1, 0.15) is 71.6 Å². The van der Waals surface area contributed by atoms with Crippen molar-refractivity contribution in [2.45, 2.75) is 83.8 Å². The van der Waals surface area contributed by atoms with E-state index < -0.39 is 0 Å². The largest absolute Gasteiger partial charge is 0.469 e. The maximum atomic E-state index is 11.1. The van der Waals surface area contributed by atoms with Crippen molar-refractivity contribution >= 4 is 5.97 Å². The van der Waals surface area contributed by atoms with E-state index in [0.29, 0.717) is 24.4 Å². The Morgan fingerprint density at radius 1 is 1.33 bits per heavy atom. The van der Waals surface area contributed by atoms with E-state index in [-0.39, 0.29) is 17.5 Å². The molecule has 1 aliphatic carbocycles. The summed E-state index contributed by atoms with van der Waals surface area (Å²) in [5, 5.41) is 10.2. The molecule has 2 aliphatic rings. The van der Waals surface area contributed by atoms with Crippen molar-refractivity contribution in [2.75, 3.05) is 13.7 Å². The molecule has 2 bridgehead atoms. The summed E-state index contributed by atoms with van der Waals surface area (Å²) in [6, 6.07) is 0. The van der Waals surface area contributed by atoms with E-state index >= 15 is 0 Å². The van der Waals surface area contributed by atoms with E-state index in [1.165, 1.54) is 20.0 Å². The molecule has 27 heavy (non-hydrogen) atoms. The first-order chi connectivity index (χ1) is 13.0. The number of aliphatic hydroxyl groups is 1. The fourth-order valence-electron chi connectivity index (χ4n) is 4.59. The van der Waals surface area contributed by atoms with Crippen molar-refractivity contribution < 1.29 is 19.4 Å². The van der Waals surface area contributed by atoms with E-state index in [9.17, 15) is 9.90 Å². The van der Waals surface area contributed by atoms with Gasteiger partial charge in [-0.3, -0.25) is 4.79 Å². The molecular formula is C23H38O4. The van der Waals surface area contributed by atoms with E-state index in [1.807, 2.05) is 6.08 Å². The third-order valence-electron chi connectivity index (χ3n) is 6.28. The number of allylic oxidation sites excluding steroid dienone is 2. The van der Waals surface area contributed by atoms with Crippen molar-refractivity contribution in [2.24, 2.45) is 17.3 Å². The highest BCUT2D eigenvalue weighted by Gasteiger charge is 2.54. The first kappa shape index (κ1) is 22.2. The fourth-order valence-corrected chi connectivity index (χ4v) is 4.59. The Hall–Kier alpha value is -1.13. The standard InChI is InChI=1S/C23H38O4/c1-4-5-8-11-18(24)14-15-19-20(23(2)16-21(19)27-17-23)12-9-6-7-10-13-22(25)26-3/h6,9,14-15,18-21,24H,4-5,7-8,10-13,16-17H2,1-3H3/t18-,19-,20-,21-,23-/m1/s1. The van der Waals surface area contributed by atoms with Crippen molar-refractivity contribution in [3.05, 3.63) is 24.3 Å². The molecule has 1 saturated carbocycles. The van der Waals surface area contributed by atoms with E-state index in [2.05, 4.69) is 36.8 Å². The molecule has 1 heterocycles. The van der Waals surface area contributed by atoms with Gasteiger partial charge in [-0.1, -0.05) is 57.4 Å². The van der Waals surface area contributed by atoms with E-state index in [0.717, 1.165) is 45.1 Å². The highest BCUT2D eigenvalue weighted by atomic mass is 16.5. The lowest BCUT2D eigenvalue weighted by Gasteiger charge is -2.35. The number of hydrogen-bond acceptors (Lipinski definition) is 4. The number of carbonyl (C=O) groups excluding carboxylic acids is 1. The number of rotatable bonds is 12. The second-order valence-corrected chi connectivity index (χ2v) is 8.51. The minimum absolute atomic E-state index is 0.135. The van der Waals surface area contributed by atoms with Gasteiger partial charge in [0.15, 0.2) is 0 Å². The summed E-state index contributed by atoms with van der Waals surface area (Å²) < 4.78 is 10.7. The van der Waals surface area contributed by atoms with E-state index in [4.69, 9.17) is 4.74 Å². The van der Waals surface area contributed by atoms with Crippen molar-refractivity contribution in [1.29, 1.82) is 0 Å². The van der Waals surface area contributed by atoms with Crippen LogP contribution in [0.4, 0.5) is 0 Å². The lowest BCUT2D eigenvalue weighted by atomic mass is 9.75. The van der Waals surface area contributed by atoms with Crippen LogP contribution in [0.2, 0.25) is 0 Å². The van der Waals surface area contributed by atoms with Gasteiger partial charge in [0.2, 0.25) is 0 Å². The maximum Gasteiger partial charge on any atom is 0.305 e. The molecule has 4 heteroatoms. The maximum absolute atomic E-state index is 11.1. The summed E-state index contributed by atoms with van der Waals surface area (Å²) in [4.78, 5) is 11.1. The lowest BCUT2D eigenvalue weighted by Crippen LogP contribution is -2.33. The number of fused-ring (bicyclic) bond motifs is 2. The second-order valence-electron chi connectivity index (χ2n) is 8.51. The minimum Gasteiger partial charge on any atom is -0.469 e. The van der Waals surface area contributed by atoms with Gasteiger partial charge in [-0.25, -0.2) is 0 Å². The third kappa shape index (κ3) is 6.46. The quantitative estimate of drug-likeness (QED) is 0.301. The van der Waals surface area contributed by atoms with Gasteiger partial charge in [-0.15, -0.1) is 0 Å². The molecule has 154 valence electrons. The molecule has 1 N–H and O–H groups in total. The highest BCUT2D eigenvalue weighted by molar-refractivity contribution is 5.69. The number of ether oxygens (including phenoxy) is 2. The molecule has 0 aromatic heterocycles. The molecule has 5 atom stereocenters. The number of unbranched alkanes of at least 4 members (excludes halogenated alkanes) is 3. The van der Waals surface area contributed by atoms with Crippen LogP contribution in [0.5, 0.6) is 0 Å². The number of carbonyl (C=O) groups is 1. The molecular weight excluding hydrogens is 340 g/mol. The summed E-state index contributed by atoms with van der Waals surface area (Å²) in [7, 11) is 1.43. The van der Waals surface area contributed by atoms with Crippen LogP contribution in [0, 0.1) is 17.3 Å². The Labute approximate surface area is 165 Å². The first-order valence-electron chi connectivity index (χ1n) is 10.7. The third-order valence-corrected chi connectivity index (χ3v) is 6.28. The Morgan fingerprint density at radius 3 is 2.89 bits per heavy atom. The van der Waals surface area contributed by atoms with Gasteiger partial charge in [0.1, 0.15) is 0 Å². The Kier molecular flexibility index (Phi) is 9.04. The predicted octanol–water partition coefficient (Wildman–Crippen LogP) is 4.81. The normalized spacial score (nSPS) is 31.2. The second kappa shape index (κ2) is 11.0. The van der Waals surface area contributed by atoms with Crippen LogP contribution >= 0.6 is 0 Å². The van der Waals surface area contributed by atoms with Crippen molar-refractivity contribution in [3.8, 4) is 0 Å². The van der Waals surface area contributed by atoms with Crippen molar-refractivity contribution in [3.63, 3.8) is 0 Å². The van der Waals surface area contributed by atoms with E-state index in [1.54, 1.807) is 0 Å². The molecule has 1 aliphatic heterocycles. The van der Waals surface area contributed by atoms with Gasteiger partial charge in [0.25, 0.3) is 0 Å². The molecule has 0 aromatic rings. The molecule has 2 rings (SSSR count). The van der Waals surface area contributed by atoms with Crippen LogP contribution in [-0.2, 0) is 14.3 Å².